The zero-order valence-corrected chi connectivity index (χ0v) is 22.4. The van der Waals surface area contributed by atoms with Crippen molar-refractivity contribution >= 4 is 0 Å². The van der Waals surface area contributed by atoms with Gasteiger partial charge in [0, 0.05) is 44.4 Å². The molecular weight excluding hydrogens is 474 g/mol. The highest BCUT2D eigenvalue weighted by molar-refractivity contribution is 5.68. The summed E-state index contributed by atoms with van der Waals surface area (Å²) < 4.78 is 19.5. The van der Waals surface area contributed by atoms with E-state index in [2.05, 4.69) is 89.2 Å². The van der Waals surface area contributed by atoms with Crippen molar-refractivity contribution in [3.05, 3.63) is 90.1 Å². The van der Waals surface area contributed by atoms with E-state index in [0.29, 0.717) is 19.8 Å². The Balaban J connectivity index is 1.54. The number of hydrogen-bond acceptors (Lipinski definition) is 5. The van der Waals surface area contributed by atoms with Crippen LogP contribution in [-0.2, 0) is 24.4 Å². The lowest BCUT2D eigenvalue weighted by Crippen LogP contribution is -2.28. The van der Waals surface area contributed by atoms with Crippen molar-refractivity contribution in [3.8, 4) is 34.1 Å². The number of aromatic nitrogens is 2. The Hall–Kier alpha value is -3.61. The SMILES string of the molecule is CCCCn1c(-c2ccccc2)nc(-c2ccccc2)c1CN(CCOC)Cc1ccc2c(c1)OCCO2. The highest BCUT2D eigenvalue weighted by Gasteiger charge is 2.22. The van der Waals surface area contributed by atoms with Gasteiger partial charge in [0.2, 0.25) is 0 Å². The molecule has 198 valence electrons. The maximum atomic E-state index is 5.86. The molecule has 0 radical (unpaired) electrons. The van der Waals surface area contributed by atoms with Crippen LogP contribution in [-0.4, -0.2) is 47.9 Å². The average molecular weight is 512 g/mol. The van der Waals surface area contributed by atoms with Crippen molar-refractivity contribution in [3.63, 3.8) is 0 Å². The summed E-state index contributed by atoms with van der Waals surface area (Å²) in [6, 6.07) is 27.3. The molecule has 5 rings (SSSR count). The van der Waals surface area contributed by atoms with Crippen LogP contribution in [0.3, 0.4) is 0 Å². The van der Waals surface area contributed by atoms with E-state index < -0.39 is 0 Å². The smallest absolute Gasteiger partial charge is 0.161 e. The Morgan fingerprint density at radius 1 is 0.868 bits per heavy atom. The fourth-order valence-corrected chi connectivity index (χ4v) is 4.93. The normalized spacial score (nSPS) is 12.7. The molecule has 1 aliphatic heterocycles. The first-order valence-corrected chi connectivity index (χ1v) is 13.6. The van der Waals surface area contributed by atoms with Gasteiger partial charge in [0.25, 0.3) is 0 Å². The minimum absolute atomic E-state index is 0.586. The summed E-state index contributed by atoms with van der Waals surface area (Å²) >= 11 is 0. The largest absolute Gasteiger partial charge is 0.486 e. The van der Waals surface area contributed by atoms with Crippen molar-refractivity contribution in [2.75, 3.05) is 33.5 Å². The number of hydrogen-bond donors (Lipinski definition) is 0. The van der Waals surface area contributed by atoms with Gasteiger partial charge in [-0.05, 0) is 24.1 Å². The van der Waals surface area contributed by atoms with E-state index in [1.54, 1.807) is 7.11 Å². The number of benzene rings is 3. The van der Waals surface area contributed by atoms with Gasteiger partial charge in [-0.15, -0.1) is 0 Å². The molecule has 2 heterocycles. The number of methoxy groups -OCH3 is 1. The van der Waals surface area contributed by atoms with E-state index in [-0.39, 0.29) is 0 Å². The van der Waals surface area contributed by atoms with E-state index in [0.717, 1.165) is 73.2 Å². The monoisotopic (exact) mass is 511 g/mol. The maximum absolute atomic E-state index is 5.86. The second-order valence-electron chi connectivity index (χ2n) is 9.65. The van der Waals surface area contributed by atoms with Gasteiger partial charge in [0.05, 0.1) is 18.0 Å². The third kappa shape index (κ3) is 6.09. The van der Waals surface area contributed by atoms with E-state index >= 15 is 0 Å². The molecule has 0 saturated heterocycles. The van der Waals surface area contributed by atoms with Gasteiger partial charge in [0.1, 0.15) is 19.0 Å². The van der Waals surface area contributed by atoms with Gasteiger partial charge in [-0.2, -0.15) is 0 Å². The van der Waals surface area contributed by atoms with E-state index in [1.807, 2.05) is 6.07 Å². The Kier molecular flexibility index (Phi) is 8.74. The third-order valence-corrected chi connectivity index (χ3v) is 6.88. The number of fused-ring (bicyclic) bond motifs is 1. The van der Waals surface area contributed by atoms with Crippen molar-refractivity contribution in [1.29, 1.82) is 0 Å². The molecule has 0 spiro atoms. The Morgan fingerprint density at radius 3 is 2.29 bits per heavy atom. The van der Waals surface area contributed by atoms with Crippen LogP contribution in [0.5, 0.6) is 11.5 Å². The van der Waals surface area contributed by atoms with E-state index in [4.69, 9.17) is 19.2 Å². The standard InChI is InChI=1S/C32H37N3O3/c1-3-4-17-35-28(31(26-11-7-5-8-12-26)33-32(35)27-13-9-6-10-14-27)24-34(18-19-36-2)23-25-15-16-29-30(22-25)38-21-20-37-29/h5-16,22H,3-4,17-21,23-24H2,1-2H3. The fourth-order valence-electron chi connectivity index (χ4n) is 4.93. The summed E-state index contributed by atoms with van der Waals surface area (Å²) in [6.07, 6.45) is 2.22. The quantitative estimate of drug-likeness (QED) is 0.219. The average Bonchev–Trinajstić information content (AvgIpc) is 3.33. The molecule has 38 heavy (non-hydrogen) atoms. The molecule has 0 bridgehead atoms. The summed E-state index contributed by atoms with van der Waals surface area (Å²) in [7, 11) is 1.76. The molecule has 0 fully saturated rings. The zero-order valence-electron chi connectivity index (χ0n) is 22.4. The molecule has 6 heteroatoms. The van der Waals surface area contributed by atoms with Crippen LogP contribution in [0.1, 0.15) is 31.0 Å². The van der Waals surface area contributed by atoms with Crippen molar-refractivity contribution in [1.82, 2.24) is 14.5 Å². The van der Waals surface area contributed by atoms with Gasteiger partial charge in [-0.3, -0.25) is 4.90 Å². The summed E-state index contributed by atoms with van der Waals surface area (Å²) in [5.74, 6) is 2.67. The maximum Gasteiger partial charge on any atom is 0.161 e. The van der Waals surface area contributed by atoms with E-state index in [1.165, 1.54) is 11.3 Å². The highest BCUT2D eigenvalue weighted by Crippen LogP contribution is 2.33. The van der Waals surface area contributed by atoms with Crippen LogP contribution in [0.25, 0.3) is 22.6 Å². The van der Waals surface area contributed by atoms with Gasteiger partial charge in [0.15, 0.2) is 11.5 Å². The molecule has 0 atom stereocenters. The molecular formula is C32H37N3O3. The summed E-state index contributed by atoms with van der Waals surface area (Å²) in [6.45, 7) is 7.34. The Bertz CT molecular complexity index is 1300. The molecule has 0 amide bonds. The summed E-state index contributed by atoms with van der Waals surface area (Å²) in [5, 5.41) is 0. The molecule has 3 aromatic carbocycles. The molecule has 0 N–H and O–H groups in total. The van der Waals surface area contributed by atoms with Crippen LogP contribution >= 0.6 is 0 Å². The molecule has 1 aliphatic rings. The zero-order chi connectivity index (χ0) is 26.2. The highest BCUT2D eigenvalue weighted by atomic mass is 16.6. The second kappa shape index (κ2) is 12.8. The molecule has 0 unspecified atom stereocenters. The first kappa shape index (κ1) is 26.0. The lowest BCUT2D eigenvalue weighted by Gasteiger charge is -2.25. The van der Waals surface area contributed by atoms with Crippen molar-refractivity contribution in [2.45, 2.75) is 39.4 Å². The minimum Gasteiger partial charge on any atom is -0.486 e. The van der Waals surface area contributed by atoms with Crippen LogP contribution < -0.4 is 9.47 Å². The number of ether oxygens (including phenoxy) is 3. The van der Waals surface area contributed by atoms with Gasteiger partial charge >= 0.3 is 0 Å². The number of rotatable bonds is 12. The first-order chi connectivity index (χ1) is 18.8. The Labute approximate surface area is 225 Å². The topological polar surface area (TPSA) is 48.8 Å². The molecule has 1 aromatic heterocycles. The molecule has 6 nitrogen and oxygen atoms in total. The lowest BCUT2D eigenvalue weighted by molar-refractivity contribution is 0.138. The van der Waals surface area contributed by atoms with Crippen LogP contribution in [0.4, 0.5) is 0 Å². The van der Waals surface area contributed by atoms with Crippen molar-refractivity contribution in [2.24, 2.45) is 0 Å². The fraction of sp³-hybridized carbons (Fsp3) is 0.344. The van der Waals surface area contributed by atoms with Crippen LogP contribution in [0.15, 0.2) is 78.9 Å². The number of imidazole rings is 1. The predicted octanol–water partition coefficient (Wildman–Crippen LogP) is 6.44. The molecule has 0 aliphatic carbocycles. The van der Waals surface area contributed by atoms with Gasteiger partial charge in [-0.1, -0.05) is 80.1 Å². The first-order valence-electron chi connectivity index (χ1n) is 13.6. The molecule has 0 saturated carbocycles. The van der Waals surface area contributed by atoms with Gasteiger partial charge < -0.3 is 18.8 Å². The number of nitrogens with zero attached hydrogens (tertiary/aromatic N) is 3. The summed E-state index contributed by atoms with van der Waals surface area (Å²) in [5.41, 5.74) is 5.75. The van der Waals surface area contributed by atoms with Gasteiger partial charge in [-0.25, -0.2) is 4.98 Å². The van der Waals surface area contributed by atoms with Crippen LogP contribution in [0.2, 0.25) is 0 Å². The number of unbranched alkanes of at least 4 members (excludes halogenated alkanes) is 1. The lowest BCUT2D eigenvalue weighted by atomic mass is 10.1. The van der Waals surface area contributed by atoms with Crippen molar-refractivity contribution < 1.29 is 14.2 Å². The second-order valence-corrected chi connectivity index (χ2v) is 9.65. The molecule has 4 aromatic rings. The third-order valence-electron chi connectivity index (χ3n) is 6.88. The summed E-state index contributed by atoms with van der Waals surface area (Å²) in [4.78, 5) is 7.71. The minimum atomic E-state index is 0.586. The van der Waals surface area contributed by atoms with E-state index in [9.17, 15) is 0 Å². The van der Waals surface area contributed by atoms with Crippen LogP contribution in [0, 0.1) is 0 Å². The predicted molar refractivity (Wildman–Crippen MR) is 151 cm³/mol. The Morgan fingerprint density at radius 2 is 1.58 bits per heavy atom.